The topological polar surface area (TPSA) is 240 Å². The van der Waals surface area contributed by atoms with Crippen molar-refractivity contribution in [1.29, 1.82) is 0 Å². The number of hydrogen-bond acceptors (Lipinski definition) is 17. The number of aliphatic hydroxyl groups excluding tert-OH is 4. The van der Waals surface area contributed by atoms with Crippen LogP contribution in [0.1, 0.15) is 644 Å². The van der Waals surface area contributed by atoms with E-state index in [0.717, 1.165) is 109 Å². The fraction of sp³-hybridized carbons (Fsp3) is 0.917. The summed E-state index contributed by atoms with van der Waals surface area (Å²) in [6, 6.07) is 0. The van der Waals surface area contributed by atoms with Crippen LogP contribution in [-0.4, -0.2) is 131 Å². The second-order valence-corrected chi connectivity index (χ2v) is 48.6. The average molecular weight is 2110 g/mol. The molecule has 2 heterocycles. The molecular weight excluding hydrogens is 1860 g/mol. The highest BCUT2D eigenvalue weighted by atomic mass is 16.8. The molecule has 20 atom stereocenters. The molecule has 0 aromatic rings. The van der Waals surface area contributed by atoms with Crippen molar-refractivity contribution in [2.45, 2.75) is 712 Å². The van der Waals surface area contributed by atoms with E-state index in [4.69, 9.17) is 37.9 Å². The molecule has 0 amide bonds. The summed E-state index contributed by atoms with van der Waals surface area (Å²) in [5.41, 5.74) is 0.837. The van der Waals surface area contributed by atoms with Crippen LogP contribution >= 0.6 is 0 Å². The van der Waals surface area contributed by atoms with Crippen molar-refractivity contribution in [3.05, 3.63) is 34.9 Å². The molecule has 0 aromatic carbocycles. The first kappa shape index (κ1) is 141. The molecule has 0 aliphatic carbocycles. The van der Waals surface area contributed by atoms with Crippen LogP contribution in [0.5, 0.6) is 0 Å². The Hall–Kier alpha value is -3.71. The Bertz CT molecular complexity index is 3210. The van der Waals surface area contributed by atoms with E-state index in [1.54, 1.807) is 27.7 Å². The van der Waals surface area contributed by atoms with Gasteiger partial charge in [-0.3, -0.25) is 9.59 Å². The summed E-state index contributed by atoms with van der Waals surface area (Å²) >= 11 is 0. The van der Waals surface area contributed by atoms with E-state index in [0.29, 0.717) is 36.2 Å². The van der Waals surface area contributed by atoms with E-state index in [2.05, 4.69) is 83.1 Å². The van der Waals surface area contributed by atoms with Crippen molar-refractivity contribution in [1.82, 2.24) is 0 Å². The summed E-state index contributed by atoms with van der Waals surface area (Å²) in [5, 5.41) is 49.7. The maximum Gasteiger partial charge on any atom is 0.333 e. The third-order valence-corrected chi connectivity index (χ3v) is 32.9. The Morgan fingerprint density at radius 2 is 0.530 bits per heavy atom. The van der Waals surface area contributed by atoms with E-state index in [-0.39, 0.29) is 47.2 Å². The lowest BCUT2D eigenvalue weighted by atomic mass is 9.85. The normalized spacial score (nSPS) is 20.4. The standard InChI is InChI=1S/C132H246O17/c1-18-23-28-33-38-43-48-53-58-60-64-69-74-79-84-89-94-108(9)99-112(13)120(135)116(17)130(141)146-123-117(103-133)143-131(125(122(123)137)148-129(140)115(16)102-111(12)98-107(8)93-88-83-78-73-68-63-57-52-47-42-37-32-27-22-5)149-132-126(145-119(134)95-90-85-80-75-70-65-59-54-49-44-39-34-29-24-19-2)124(147-128(139)114(15)101-110(11)97-106(7)92-87-82-77-72-67-62-56-51-46-41-36-31-26-21-4)121(136)118(144-132)104-142-127(138)113(14)100-109(10)96-105(6)91-86-81-76-71-66-61-55-50-45-40-35-30-25-20-3/h100-102,105-112,116-118,120-126,131-133,135-137H,18-99,103-104H2,1-17H3/b113-100+,114-101+,115-102+/t105-,106-,107-,108-,109-,110-,111-,112-,116-,117?,118?,120-,121+,122?,123+,124?,125-,126+,131+,132+/m0/s1. The molecule has 0 spiro atoms. The SMILES string of the molecule is CCCCCCCCCCCCCCCCCC[C@H](C)C[C@H](C)[C@H](O)[C@H](C)C(=O)O[C@@H]1C(CO)O[C@H](O[C@H]2OC(COC(=O)/C(C)=C/[C@@H](C)C[C@@H](C)CCCCCCCCCCCCCCCC)[C@@H](O)C(OC(=O)/C(C)=C/[C@@H](C)C[C@@H](C)CCCCCCCCCCCCCCCC)[C@H]2OC(=O)CCCCCCCCCCCCCCCCC)[C@@H](OC(=O)/C(C)=C/[C@@H](C)C[C@@H](C)CCCCCCCCCCCCCCCC)C1O. The monoisotopic (exact) mass is 2100 g/mol. The zero-order chi connectivity index (χ0) is 109. The molecule has 4 unspecified atom stereocenters. The van der Waals surface area contributed by atoms with Crippen LogP contribution in [0.3, 0.4) is 0 Å². The van der Waals surface area contributed by atoms with E-state index < -0.39 is 116 Å². The van der Waals surface area contributed by atoms with Crippen LogP contribution in [-0.2, 0) is 61.9 Å². The minimum atomic E-state index is -1.98. The fourth-order valence-electron chi connectivity index (χ4n) is 23.3. The van der Waals surface area contributed by atoms with E-state index in [9.17, 15) is 34.8 Å². The van der Waals surface area contributed by atoms with Gasteiger partial charge in [0.05, 0.1) is 18.6 Å². The number of unbranched alkanes of at least 4 members (excludes halogenated alkanes) is 68. The van der Waals surface area contributed by atoms with Crippen molar-refractivity contribution in [2.24, 2.45) is 53.3 Å². The molecule has 2 fully saturated rings. The van der Waals surface area contributed by atoms with E-state index in [1.807, 2.05) is 25.2 Å². The van der Waals surface area contributed by atoms with Crippen molar-refractivity contribution >= 4 is 29.8 Å². The second kappa shape index (κ2) is 96.4. The maximum absolute atomic E-state index is 15.1. The lowest BCUT2D eigenvalue weighted by molar-refractivity contribution is -0.377. The fourth-order valence-corrected chi connectivity index (χ4v) is 23.3. The first-order chi connectivity index (χ1) is 72.2. The summed E-state index contributed by atoms with van der Waals surface area (Å²) in [7, 11) is 0. The number of carbonyl (C=O) groups is 5. The molecule has 2 aliphatic heterocycles. The maximum atomic E-state index is 15.1. The zero-order valence-corrected chi connectivity index (χ0v) is 101. The van der Waals surface area contributed by atoms with Crippen molar-refractivity contribution in [2.75, 3.05) is 13.2 Å². The largest absolute Gasteiger partial charge is 0.459 e. The van der Waals surface area contributed by atoms with Gasteiger partial charge in [0.2, 0.25) is 12.6 Å². The highest BCUT2D eigenvalue weighted by Crippen LogP contribution is 2.38. The van der Waals surface area contributed by atoms with Gasteiger partial charge in [0.1, 0.15) is 31.0 Å². The van der Waals surface area contributed by atoms with Gasteiger partial charge in [0.25, 0.3) is 0 Å². The van der Waals surface area contributed by atoms with Crippen LogP contribution < -0.4 is 0 Å². The Morgan fingerprint density at radius 1 is 0.282 bits per heavy atom. The molecule has 149 heavy (non-hydrogen) atoms. The number of hydrogen-bond donors (Lipinski definition) is 4. The van der Waals surface area contributed by atoms with Crippen LogP contribution in [0.2, 0.25) is 0 Å². The number of allylic oxidation sites excluding steroid dienone is 3. The molecule has 2 aliphatic rings. The number of aliphatic hydroxyl groups is 4. The molecule has 4 N–H and O–H groups in total. The lowest BCUT2D eigenvalue weighted by Gasteiger charge is -2.47. The Balaban J connectivity index is 2.72. The Labute approximate surface area is 919 Å². The van der Waals surface area contributed by atoms with Crippen LogP contribution in [0.4, 0.5) is 0 Å². The predicted molar refractivity (Wildman–Crippen MR) is 625 cm³/mol. The lowest BCUT2D eigenvalue weighted by Crippen LogP contribution is -2.66. The summed E-state index contributed by atoms with van der Waals surface area (Å²) in [5.74, 6) is -3.98. The number of rotatable bonds is 104. The van der Waals surface area contributed by atoms with Gasteiger partial charge >= 0.3 is 29.8 Å². The smallest absolute Gasteiger partial charge is 0.333 e. The Kier molecular flexibility index (Phi) is 91.5. The minimum Gasteiger partial charge on any atom is -0.459 e. The highest BCUT2D eigenvalue weighted by molar-refractivity contribution is 5.89. The van der Waals surface area contributed by atoms with Gasteiger partial charge in [0, 0.05) is 23.1 Å². The van der Waals surface area contributed by atoms with Gasteiger partial charge in [-0.05, 0) is 107 Å². The summed E-state index contributed by atoms with van der Waals surface area (Å²) in [4.78, 5) is 74.3. The van der Waals surface area contributed by atoms with Crippen LogP contribution in [0, 0.1) is 53.3 Å². The molecular formula is C132H246O17. The molecule has 0 saturated carbocycles. The number of esters is 5. The molecule has 17 nitrogen and oxygen atoms in total. The van der Waals surface area contributed by atoms with Gasteiger partial charge < -0.3 is 58.3 Å². The van der Waals surface area contributed by atoms with Gasteiger partial charge in [-0.2, -0.15) is 0 Å². The molecule has 876 valence electrons. The molecule has 0 radical (unpaired) electrons. The molecule has 2 saturated heterocycles. The number of carbonyl (C=O) groups excluding carboxylic acids is 5. The van der Waals surface area contributed by atoms with E-state index in [1.165, 1.54) is 398 Å². The van der Waals surface area contributed by atoms with Crippen molar-refractivity contribution < 1.29 is 82.3 Å². The van der Waals surface area contributed by atoms with Crippen molar-refractivity contribution in [3.63, 3.8) is 0 Å². The second-order valence-electron chi connectivity index (χ2n) is 48.6. The average Bonchev–Trinajstić information content (AvgIpc) is 0.769. The first-order valence-corrected chi connectivity index (χ1v) is 64.8. The zero-order valence-electron chi connectivity index (χ0n) is 101. The molecule has 17 heteroatoms. The third kappa shape index (κ3) is 74.3. The molecule has 0 aromatic heterocycles. The summed E-state index contributed by atoms with van der Waals surface area (Å²) < 4.78 is 52.2. The Morgan fingerprint density at radius 3 is 0.819 bits per heavy atom. The minimum absolute atomic E-state index is 0.0302. The van der Waals surface area contributed by atoms with Crippen LogP contribution in [0.15, 0.2) is 34.9 Å². The third-order valence-electron chi connectivity index (χ3n) is 32.9. The molecule has 2 rings (SSSR count). The predicted octanol–water partition coefficient (Wildman–Crippen LogP) is 37.4. The summed E-state index contributed by atoms with van der Waals surface area (Å²) in [6.07, 6.45) is 86.3. The van der Waals surface area contributed by atoms with E-state index >= 15 is 9.59 Å². The summed E-state index contributed by atoms with van der Waals surface area (Å²) in [6.45, 7) is 33.7. The van der Waals surface area contributed by atoms with Crippen LogP contribution in [0.25, 0.3) is 0 Å². The van der Waals surface area contributed by atoms with Crippen molar-refractivity contribution in [3.8, 4) is 0 Å². The first-order valence-electron chi connectivity index (χ1n) is 64.8. The van der Waals surface area contributed by atoms with Gasteiger partial charge in [-0.25, -0.2) is 14.4 Å². The number of ether oxygens (including phenoxy) is 8. The highest BCUT2D eigenvalue weighted by Gasteiger charge is 2.56. The van der Waals surface area contributed by atoms with Gasteiger partial charge in [-0.15, -0.1) is 0 Å². The quantitative estimate of drug-likeness (QED) is 0.0192. The van der Waals surface area contributed by atoms with Gasteiger partial charge in [-0.1, -0.05) is 596 Å². The van der Waals surface area contributed by atoms with Gasteiger partial charge in [0.15, 0.2) is 24.4 Å². The molecule has 0 bridgehead atoms.